The van der Waals surface area contributed by atoms with Crippen LogP contribution in [-0.4, -0.2) is 11.0 Å². The van der Waals surface area contributed by atoms with Gasteiger partial charge in [-0.2, -0.15) is 0 Å². The Morgan fingerprint density at radius 1 is 1.16 bits per heavy atom. The molecule has 1 heterocycles. The average Bonchev–Trinajstić information content (AvgIpc) is 2.36. The SMILES string of the molecule is Cc1cc(C)c(C(=O)OCc2ccccn2)c(C)c1. The molecule has 3 heteroatoms. The molecule has 0 aliphatic rings. The van der Waals surface area contributed by atoms with Gasteiger partial charge in [0, 0.05) is 6.20 Å². The summed E-state index contributed by atoms with van der Waals surface area (Å²) in [5, 5.41) is 0. The van der Waals surface area contributed by atoms with E-state index < -0.39 is 0 Å². The molecule has 0 fully saturated rings. The third-order valence-electron chi connectivity index (χ3n) is 2.96. The molecule has 0 N–H and O–H groups in total. The summed E-state index contributed by atoms with van der Waals surface area (Å²) in [5.74, 6) is -0.291. The Bertz CT molecular complexity index is 568. The van der Waals surface area contributed by atoms with Gasteiger partial charge in [-0.25, -0.2) is 4.79 Å². The van der Waals surface area contributed by atoms with Gasteiger partial charge in [-0.05, 0) is 44.0 Å². The van der Waals surface area contributed by atoms with E-state index in [1.807, 2.05) is 51.1 Å². The largest absolute Gasteiger partial charge is 0.456 e. The van der Waals surface area contributed by atoms with Crippen molar-refractivity contribution in [2.75, 3.05) is 0 Å². The molecule has 0 atom stereocenters. The highest BCUT2D eigenvalue weighted by molar-refractivity contribution is 5.92. The maximum Gasteiger partial charge on any atom is 0.339 e. The fourth-order valence-electron chi connectivity index (χ4n) is 2.20. The highest BCUT2D eigenvalue weighted by atomic mass is 16.5. The van der Waals surface area contributed by atoms with Crippen molar-refractivity contribution in [1.82, 2.24) is 4.98 Å². The smallest absolute Gasteiger partial charge is 0.339 e. The van der Waals surface area contributed by atoms with Crippen molar-refractivity contribution in [2.24, 2.45) is 0 Å². The molecule has 1 aromatic heterocycles. The predicted molar refractivity (Wildman–Crippen MR) is 74.0 cm³/mol. The average molecular weight is 255 g/mol. The number of aryl methyl sites for hydroxylation is 3. The van der Waals surface area contributed by atoms with Gasteiger partial charge in [0.05, 0.1) is 11.3 Å². The Kier molecular flexibility index (Phi) is 3.95. The van der Waals surface area contributed by atoms with Gasteiger partial charge < -0.3 is 4.74 Å². The number of carbonyl (C=O) groups excluding carboxylic acids is 1. The molecule has 0 unspecified atom stereocenters. The first-order chi connectivity index (χ1) is 9.08. The van der Waals surface area contributed by atoms with E-state index in [0.29, 0.717) is 5.56 Å². The number of ether oxygens (including phenoxy) is 1. The molecule has 2 aromatic rings. The lowest BCUT2D eigenvalue weighted by atomic mass is 10.00. The third-order valence-corrected chi connectivity index (χ3v) is 2.96. The van der Waals surface area contributed by atoms with E-state index in [-0.39, 0.29) is 12.6 Å². The first kappa shape index (κ1) is 13.3. The van der Waals surface area contributed by atoms with Crippen LogP contribution in [0.5, 0.6) is 0 Å². The van der Waals surface area contributed by atoms with E-state index in [1.54, 1.807) is 6.20 Å². The van der Waals surface area contributed by atoms with Gasteiger partial charge in [0.1, 0.15) is 6.61 Å². The van der Waals surface area contributed by atoms with E-state index in [9.17, 15) is 4.79 Å². The van der Waals surface area contributed by atoms with Crippen molar-refractivity contribution in [1.29, 1.82) is 0 Å². The number of benzene rings is 1. The molecule has 0 aliphatic heterocycles. The zero-order valence-corrected chi connectivity index (χ0v) is 11.4. The molecule has 1 aromatic carbocycles. The Balaban J connectivity index is 2.13. The summed E-state index contributed by atoms with van der Waals surface area (Å²) in [6.07, 6.45) is 1.69. The van der Waals surface area contributed by atoms with Gasteiger partial charge in [-0.3, -0.25) is 4.98 Å². The lowest BCUT2D eigenvalue weighted by molar-refractivity contribution is 0.0466. The second-order valence-electron chi connectivity index (χ2n) is 4.67. The molecule has 0 radical (unpaired) electrons. The van der Waals surface area contributed by atoms with Crippen LogP contribution < -0.4 is 0 Å². The van der Waals surface area contributed by atoms with Gasteiger partial charge >= 0.3 is 5.97 Å². The van der Waals surface area contributed by atoms with Crippen molar-refractivity contribution < 1.29 is 9.53 Å². The quantitative estimate of drug-likeness (QED) is 0.789. The van der Waals surface area contributed by atoms with Crippen molar-refractivity contribution in [2.45, 2.75) is 27.4 Å². The molecular weight excluding hydrogens is 238 g/mol. The maximum atomic E-state index is 12.1. The Hall–Kier alpha value is -2.16. The number of hydrogen-bond acceptors (Lipinski definition) is 3. The summed E-state index contributed by atoms with van der Waals surface area (Å²) in [6.45, 7) is 6.07. The molecule has 2 rings (SSSR count). The molecule has 0 saturated carbocycles. The van der Waals surface area contributed by atoms with Crippen LogP contribution in [0.2, 0.25) is 0 Å². The van der Waals surface area contributed by atoms with Gasteiger partial charge in [0.15, 0.2) is 0 Å². The van der Waals surface area contributed by atoms with E-state index >= 15 is 0 Å². The zero-order valence-electron chi connectivity index (χ0n) is 11.4. The fourth-order valence-corrected chi connectivity index (χ4v) is 2.20. The second-order valence-corrected chi connectivity index (χ2v) is 4.67. The molecule has 3 nitrogen and oxygen atoms in total. The van der Waals surface area contributed by atoms with Crippen LogP contribution in [0.4, 0.5) is 0 Å². The van der Waals surface area contributed by atoms with Gasteiger partial charge in [0.25, 0.3) is 0 Å². The van der Waals surface area contributed by atoms with Crippen LogP contribution in [0.1, 0.15) is 32.7 Å². The highest BCUT2D eigenvalue weighted by Gasteiger charge is 2.14. The summed E-state index contributed by atoms with van der Waals surface area (Å²) in [5.41, 5.74) is 4.45. The maximum absolute atomic E-state index is 12.1. The lowest BCUT2D eigenvalue weighted by Gasteiger charge is -2.10. The lowest BCUT2D eigenvalue weighted by Crippen LogP contribution is -2.10. The molecule has 0 aliphatic carbocycles. The number of rotatable bonds is 3. The van der Waals surface area contributed by atoms with E-state index in [0.717, 1.165) is 22.4 Å². The summed E-state index contributed by atoms with van der Waals surface area (Å²) in [7, 11) is 0. The monoisotopic (exact) mass is 255 g/mol. The number of pyridine rings is 1. The standard InChI is InChI=1S/C16H17NO2/c1-11-8-12(2)15(13(3)9-11)16(18)19-10-14-6-4-5-7-17-14/h4-9H,10H2,1-3H3. The number of aromatic nitrogens is 1. The number of esters is 1. The van der Waals surface area contributed by atoms with Crippen molar-refractivity contribution in [3.05, 3.63) is 64.5 Å². The zero-order chi connectivity index (χ0) is 13.8. The summed E-state index contributed by atoms with van der Waals surface area (Å²) >= 11 is 0. The van der Waals surface area contributed by atoms with Crippen molar-refractivity contribution in [3.63, 3.8) is 0 Å². The number of carbonyl (C=O) groups is 1. The summed E-state index contributed by atoms with van der Waals surface area (Å²) in [6, 6.07) is 9.52. The fraction of sp³-hybridized carbons (Fsp3) is 0.250. The van der Waals surface area contributed by atoms with E-state index in [1.165, 1.54) is 0 Å². The highest BCUT2D eigenvalue weighted by Crippen LogP contribution is 2.17. The van der Waals surface area contributed by atoms with Crippen LogP contribution in [0, 0.1) is 20.8 Å². The molecule has 0 amide bonds. The Morgan fingerprint density at radius 3 is 2.42 bits per heavy atom. The van der Waals surface area contributed by atoms with Crippen molar-refractivity contribution in [3.8, 4) is 0 Å². The van der Waals surface area contributed by atoms with Gasteiger partial charge in [-0.1, -0.05) is 23.8 Å². The molecular formula is C16H17NO2. The van der Waals surface area contributed by atoms with Crippen LogP contribution in [0.25, 0.3) is 0 Å². The number of hydrogen-bond donors (Lipinski definition) is 0. The normalized spacial score (nSPS) is 10.3. The molecule has 19 heavy (non-hydrogen) atoms. The van der Waals surface area contributed by atoms with Crippen LogP contribution in [-0.2, 0) is 11.3 Å². The summed E-state index contributed by atoms with van der Waals surface area (Å²) in [4.78, 5) is 16.2. The van der Waals surface area contributed by atoms with Crippen LogP contribution in [0.15, 0.2) is 36.5 Å². The predicted octanol–water partition coefficient (Wildman–Crippen LogP) is 3.36. The molecule has 98 valence electrons. The summed E-state index contributed by atoms with van der Waals surface area (Å²) < 4.78 is 5.31. The minimum atomic E-state index is -0.291. The van der Waals surface area contributed by atoms with Crippen molar-refractivity contribution >= 4 is 5.97 Å². The molecule has 0 saturated heterocycles. The molecule has 0 bridgehead atoms. The Morgan fingerprint density at radius 2 is 1.84 bits per heavy atom. The molecule has 0 spiro atoms. The van der Waals surface area contributed by atoms with Gasteiger partial charge in [0.2, 0.25) is 0 Å². The van der Waals surface area contributed by atoms with Crippen LogP contribution in [0.3, 0.4) is 0 Å². The van der Waals surface area contributed by atoms with Gasteiger partial charge in [-0.15, -0.1) is 0 Å². The Labute approximate surface area is 113 Å². The third kappa shape index (κ3) is 3.19. The number of nitrogens with zero attached hydrogens (tertiary/aromatic N) is 1. The van der Waals surface area contributed by atoms with E-state index in [2.05, 4.69) is 4.98 Å². The van der Waals surface area contributed by atoms with E-state index in [4.69, 9.17) is 4.74 Å². The minimum absolute atomic E-state index is 0.201. The topological polar surface area (TPSA) is 39.2 Å². The minimum Gasteiger partial charge on any atom is -0.456 e. The first-order valence-electron chi connectivity index (χ1n) is 6.23. The first-order valence-corrected chi connectivity index (χ1v) is 6.23. The van der Waals surface area contributed by atoms with Crippen LogP contribution >= 0.6 is 0 Å². The second kappa shape index (κ2) is 5.65.